The molecular formula is C12H18N4O2. The van der Waals surface area contributed by atoms with Gasteiger partial charge >= 0.3 is 0 Å². The van der Waals surface area contributed by atoms with Crippen molar-refractivity contribution in [3.05, 3.63) is 18.1 Å². The summed E-state index contributed by atoms with van der Waals surface area (Å²) < 4.78 is 5.60. The van der Waals surface area contributed by atoms with Crippen LogP contribution >= 0.6 is 0 Å². The molecule has 6 heteroatoms. The number of nitrogens with zero attached hydrogens (tertiary/aromatic N) is 3. The Bertz CT molecular complexity index is 418. The molecule has 1 aliphatic rings. The number of carbonyl (C=O) groups excluding carboxylic acids is 1. The summed E-state index contributed by atoms with van der Waals surface area (Å²) in [6.07, 6.45) is 6.24. The highest BCUT2D eigenvalue weighted by atomic mass is 16.5. The molecule has 0 saturated carbocycles. The Morgan fingerprint density at radius 1 is 1.56 bits per heavy atom. The van der Waals surface area contributed by atoms with Gasteiger partial charge in [-0.25, -0.2) is 4.98 Å². The maximum atomic E-state index is 12.1. The lowest BCUT2D eigenvalue weighted by Gasteiger charge is -2.27. The van der Waals surface area contributed by atoms with Crippen molar-refractivity contribution in [3.63, 3.8) is 0 Å². The largest absolute Gasteiger partial charge is 0.382 e. The van der Waals surface area contributed by atoms with Gasteiger partial charge in [-0.2, -0.15) is 0 Å². The molecule has 0 radical (unpaired) electrons. The van der Waals surface area contributed by atoms with Crippen LogP contribution in [0.15, 0.2) is 12.4 Å². The van der Waals surface area contributed by atoms with Crippen LogP contribution in [0.1, 0.15) is 29.8 Å². The third-order valence-corrected chi connectivity index (χ3v) is 2.97. The summed E-state index contributed by atoms with van der Waals surface area (Å²) in [5.41, 5.74) is 5.78. The van der Waals surface area contributed by atoms with Crippen molar-refractivity contribution in [1.29, 1.82) is 0 Å². The van der Waals surface area contributed by atoms with Gasteiger partial charge in [0.05, 0.1) is 18.5 Å². The maximum Gasteiger partial charge on any atom is 0.273 e. The van der Waals surface area contributed by atoms with E-state index in [0.29, 0.717) is 6.54 Å². The zero-order valence-electron chi connectivity index (χ0n) is 10.5. The Kier molecular flexibility index (Phi) is 4.09. The van der Waals surface area contributed by atoms with Gasteiger partial charge in [0.2, 0.25) is 0 Å². The van der Waals surface area contributed by atoms with Gasteiger partial charge in [0.15, 0.2) is 0 Å². The molecule has 1 aromatic heterocycles. The fourth-order valence-electron chi connectivity index (χ4n) is 2.02. The van der Waals surface area contributed by atoms with Crippen molar-refractivity contribution in [2.45, 2.75) is 25.4 Å². The fraction of sp³-hybridized carbons (Fsp3) is 0.583. The Balaban J connectivity index is 1.95. The molecule has 1 saturated heterocycles. The van der Waals surface area contributed by atoms with E-state index in [2.05, 4.69) is 9.97 Å². The molecule has 18 heavy (non-hydrogen) atoms. The topological polar surface area (TPSA) is 81.3 Å². The zero-order valence-corrected chi connectivity index (χ0v) is 10.5. The summed E-state index contributed by atoms with van der Waals surface area (Å²) in [5.74, 6) is 0.0761. The predicted octanol–water partition coefficient (Wildman–Crippen LogP) is 0.700. The summed E-state index contributed by atoms with van der Waals surface area (Å²) >= 11 is 0. The van der Waals surface area contributed by atoms with Gasteiger partial charge in [0.25, 0.3) is 5.91 Å². The molecule has 0 spiro atoms. The van der Waals surface area contributed by atoms with Crippen LogP contribution in [-0.4, -0.2) is 47.1 Å². The van der Waals surface area contributed by atoms with Crippen LogP contribution in [0.25, 0.3) is 0 Å². The highest BCUT2D eigenvalue weighted by Gasteiger charge is 2.20. The fourth-order valence-corrected chi connectivity index (χ4v) is 2.02. The average molecular weight is 250 g/mol. The number of carbonyl (C=O) groups is 1. The van der Waals surface area contributed by atoms with E-state index < -0.39 is 0 Å². The Hall–Kier alpha value is -1.69. The van der Waals surface area contributed by atoms with Crippen molar-refractivity contribution in [2.75, 3.05) is 25.9 Å². The van der Waals surface area contributed by atoms with Crippen molar-refractivity contribution in [2.24, 2.45) is 0 Å². The highest BCUT2D eigenvalue weighted by molar-refractivity contribution is 5.92. The number of anilines is 1. The molecule has 2 heterocycles. The molecule has 0 aliphatic carbocycles. The monoisotopic (exact) mass is 250 g/mol. The number of rotatable bonds is 3. The van der Waals surface area contributed by atoms with E-state index in [9.17, 15) is 4.79 Å². The van der Waals surface area contributed by atoms with Crippen molar-refractivity contribution >= 4 is 11.7 Å². The van der Waals surface area contributed by atoms with Gasteiger partial charge in [-0.3, -0.25) is 9.78 Å². The second-order valence-corrected chi connectivity index (χ2v) is 4.50. The van der Waals surface area contributed by atoms with Crippen LogP contribution in [0.3, 0.4) is 0 Å². The number of aromatic nitrogens is 2. The van der Waals surface area contributed by atoms with Crippen molar-refractivity contribution < 1.29 is 9.53 Å². The first-order valence-electron chi connectivity index (χ1n) is 6.11. The second-order valence-electron chi connectivity index (χ2n) is 4.50. The molecule has 98 valence electrons. The van der Waals surface area contributed by atoms with E-state index in [1.54, 1.807) is 11.9 Å². The smallest absolute Gasteiger partial charge is 0.273 e. The van der Waals surface area contributed by atoms with Crippen LogP contribution in [0.4, 0.5) is 5.82 Å². The number of likely N-dealkylation sites (N-methyl/N-ethyl adjacent to an activating group) is 1. The van der Waals surface area contributed by atoms with Crippen LogP contribution in [0.2, 0.25) is 0 Å². The van der Waals surface area contributed by atoms with Crippen LogP contribution in [-0.2, 0) is 4.74 Å². The molecular weight excluding hydrogens is 232 g/mol. The minimum atomic E-state index is -0.177. The molecule has 6 nitrogen and oxygen atoms in total. The Labute approximate surface area is 106 Å². The highest BCUT2D eigenvalue weighted by Crippen LogP contribution is 2.14. The average Bonchev–Trinajstić information content (AvgIpc) is 2.39. The van der Waals surface area contributed by atoms with E-state index in [1.165, 1.54) is 12.4 Å². The molecule has 0 bridgehead atoms. The van der Waals surface area contributed by atoms with E-state index in [1.807, 2.05) is 0 Å². The molecule has 0 aromatic carbocycles. The summed E-state index contributed by atoms with van der Waals surface area (Å²) in [4.78, 5) is 21.5. The number of amides is 1. The number of nitrogen functional groups attached to an aromatic ring is 1. The van der Waals surface area contributed by atoms with Crippen molar-refractivity contribution in [1.82, 2.24) is 14.9 Å². The predicted molar refractivity (Wildman–Crippen MR) is 67.0 cm³/mol. The maximum absolute atomic E-state index is 12.1. The van der Waals surface area contributed by atoms with E-state index in [-0.39, 0.29) is 23.5 Å². The molecule has 1 atom stereocenters. The first-order valence-corrected chi connectivity index (χ1v) is 6.11. The summed E-state index contributed by atoms with van der Waals surface area (Å²) in [7, 11) is 1.74. The Morgan fingerprint density at radius 3 is 3.06 bits per heavy atom. The molecule has 1 unspecified atom stereocenters. The molecule has 1 aromatic rings. The van der Waals surface area contributed by atoms with E-state index in [4.69, 9.17) is 10.5 Å². The lowest BCUT2D eigenvalue weighted by Crippen LogP contribution is -2.37. The lowest BCUT2D eigenvalue weighted by atomic mass is 10.1. The molecule has 2 rings (SSSR count). The van der Waals surface area contributed by atoms with Crippen LogP contribution < -0.4 is 5.73 Å². The minimum absolute atomic E-state index is 0.127. The third kappa shape index (κ3) is 3.16. The normalized spacial score (nSPS) is 19.5. The first kappa shape index (κ1) is 12.8. The van der Waals surface area contributed by atoms with E-state index >= 15 is 0 Å². The summed E-state index contributed by atoms with van der Waals surface area (Å²) in [6.45, 7) is 1.36. The summed E-state index contributed by atoms with van der Waals surface area (Å²) in [6, 6.07) is 0. The van der Waals surface area contributed by atoms with Crippen LogP contribution in [0.5, 0.6) is 0 Å². The summed E-state index contributed by atoms with van der Waals surface area (Å²) in [5, 5.41) is 0. The SMILES string of the molecule is CN(CC1CCCCO1)C(=O)c1cncc(N)n1. The second kappa shape index (κ2) is 5.77. The number of ether oxygens (including phenoxy) is 1. The molecule has 1 amide bonds. The lowest BCUT2D eigenvalue weighted by molar-refractivity contribution is -0.000295. The van der Waals surface area contributed by atoms with E-state index in [0.717, 1.165) is 25.9 Å². The zero-order chi connectivity index (χ0) is 13.0. The van der Waals surface area contributed by atoms with Gasteiger partial charge in [-0.1, -0.05) is 0 Å². The molecule has 1 aliphatic heterocycles. The van der Waals surface area contributed by atoms with Crippen molar-refractivity contribution in [3.8, 4) is 0 Å². The van der Waals surface area contributed by atoms with Gasteiger partial charge in [-0.05, 0) is 19.3 Å². The third-order valence-electron chi connectivity index (χ3n) is 2.97. The first-order chi connectivity index (χ1) is 8.66. The standard InChI is InChI=1S/C12H18N4O2/c1-16(8-9-4-2-3-5-18-9)12(17)10-6-14-7-11(13)15-10/h6-7,9H,2-5,8H2,1H3,(H2,13,15). The Morgan fingerprint density at radius 2 is 2.39 bits per heavy atom. The van der Waals surface area contributed by atoms with Gasteiger partial charge in [0.1, 0.15) is 11.5 Å². The quantitative estimate of drug-likeness (QED) is 0.854. The minimum Gasteiger partial charge on any atom is -0.382 e. The van der Waals surface area contributed by atoms with Gasteiger partial charge in [-0.15, -0.1) is 0 Å². The molecule has 2 N–H and O–H groups in total. The number of nitrogens with two attached hydrogens (primary N) is 1. The molecule has 1 fully saturated rings. The van der Waals surface area contributed by atoms with Gasteiger partial charge < -0.3 is 15.4 Å². The van der Waals surface area contributed by atoms with Crippen LogP contribution in [0, 0.1) is 0 Å². The number of hydrogen-bond donors (Lipinski definition) is 1. The van der Waals surface area contributed by atoms with Gasteiger partial charge in [0, 0.05) is 20.2 Å². The number of hydrogen-bond acceptors (Lipinski definition) is 5.